The molecular formula is C39H49NO13. The zero-order valence-corrected chi connectivity index (χ0v) is 30.6. The van der Waals surface area contributed by atoms with E-state index >= 15 is 0 Å². The molecule has 3 aliphatic carbocycles. The van der Waals surface area contributed by atoms with Crippen molar-refractivity contribution in [2.45, 2.75) is 127 Å². The van der Waals surface area contributed by atoms with E-state index in [0.717, 1.165) is 0 Å². The molecule has 2 heterocycles. The van der Waals surface area contributed by atoms with Crippen molar-refractivity contribution in [1.29, 1.82) is 0 Å². The minimum atomic E-state index is -2.26. The topological polar surface area (TPSA) is 215 Å². The molecule has 1 saturated heterocycles. The van der Waals surface area contributed by atoms with Gasteiger partial charge in [-0.05, 0) is 43.4 Å². The van der Waals surface area contributed by atoms with Crippen molar-refractivity contribution in [1.82, 2.24) is 5.32 Å². The summed E-state index contributed by atoms with van der Waals surface area (Å²) >= 11 is 0. The maximum atomic E-state index is 14.8. The first-order chi connectivity index (χ1) is 24.9. The van der Waals surface area contributed by atoms with Gasteiger partial charge in [-0.25, -0.2) is 4.79 Å². The van der Waals surface area contributed by atoms with Gasteiger partial charge in [-0.1, -0.05) is 56.3 Å². The maximum Gasteiger partial charge on any atom is 0.338 e. The fourth-order valence-corrected chi connectivity index (χ4v) is 9.46. The van der Waals surface area contributed by atoms with Crippen molar-refractivity contribution in [3.63, 3.8) is 0 Å². The van der Waals surface area contributed by atoms with Gasteiger partial charge in [-0.15, -0.1) is 0 Å². The van der Waals surface area contributed by atoms with Gasteiger partial charge in [0.05, 0.1) is 30.1 Å². The molecule has 0 radical (unpaired) electrons. The number of ketones is 1. The first-order valence-electron chi connectivity index (χ1n) is 18.1. The van der Waals surface area contributed by atoms with Gasteiger partial charge in [0.1, 0.15) is 30.0 Å². The number of esters is 3. The summed E-state index contributed by atoms with van der Waals surface area (Å²) in [6, 6.07) is 7.16. The number of nitrogens with one attached hydrogen (secondary N) is 1. The number of rotatable bonds is 2. The molecule has 0 unspecified atom stereocenters. The monoisotopic (exact) mass is 739 g/mol. The van der Waals surface area contributed by atoms with Crippen molar-refractivity contribution in [2.75, 3.05) is 6.61 Å². The standard InChI is InChI=1S/C39H49NO13/c1-20-23-18-39(49)34(32-37(5,33(47)30(45)28(20)36(39,3)4)24(42)17-25-38(32,19-50-25)53-21(2)41)52-27(44)16-12-7-6-11-15-26(43)40-29(31(46)35(48)51-23)22-13-9-8-10-14-22/h6-10,13-14,23-25,29-32,34,42,45-46,49H,11-12,15-19H2,1-5H3,(H,40,43)/b7-6-/t23-,24-,25+,29-,30+,31-,32-,34-,37+,38-,39+/m0/s1. The van der Waals surface area contributed by atoms with Gasteiger partial charge in [0.2, 0.25) is 5.91 Å². The quantitative estimate of drug-likeness (QED) is 0.166. The van der Waals surface area contributed by atoms with E-state index in [9.17, 15) is 44.4 Å². The second-order valence-electron chi connectivity index (χ2n) is 15.8. The molecule has 11 atom stereocenters. The van der Waals surface area contributed by atoms with Gasteiger partial charge in [0, 0.05) is 38.0 Å². The molecule has 3 bridgehead atoms. The zero-order valence-electron chi connectivity index (χ0n) is 30.6. The van der Waals surface area contributed by atoms with E-state index in [-0.39, 0.29) is 49.9 Å². The number of aliphatic hydroxyl groups is 4. The van der Waals surface area contributed by atoms with Crippen LogP contribution in [0.15, 0.2) is 53.6 Å². The van der Waals surface area contributed by atoms with Crippen LogP contribution in [0, 0.1) is 16.7 Å². The Hall–Kier alpha value is -3.95. The largest absolute Gasteiger partial charge is 0.459 e. The Balaban J connectivity index is 1.55. The van der Waals surface area contributed by atoms with Gasteiger partial charge in [-0.3, -0.25) is 19.2 Å². The summed E-state index contributed by atoms with van der Waals surface area (Å²) in [4.78, 5) is 68.2. The molecule has 1 aromatic rings. The minimum absolute atomic E-state index is 0.0139. The number of fused-ring (bicyclic) bond motifs is 6. The Labute approximate surface area is 307 Å². The number of allylic oxidation sites excluding steroid dienone is 2. The van der Waals surface area contributed by atoms with E-state index in [2.05, 4.69) is 5.32 Å². The molecule has 2 aliphatic heterocycles. The van der Waals surface area contributed by atoms with Crippen LogP contribution in [0.5, 0.6) is 0 Å². The van der Waals surface area contributed by atoms with Crippen LogP contribution in [0.1, 0.15) is 84.7 Å². The van der Waals surface area contributed by atoms with E-state index in [0.29, 0.717) is 5.56 Å². The second kappa shape index (κ2) is 14.0. The molecule has 2 saturated carbocycles. The van der Waals surface area contributed by atoms with Crippen molar-refractivity contribution in [3.8, 4) is 0 Å². The third-order valence-corrected chi connectivity index (χ3v) is 12.4. The summed E-state index contributed by atoms with van der Waals surface area (Å²) in [5.41, 5.74) is -6.84. The van der Waals surface area contributed by atoms with Crippen LogP contribution in [0.3, 0.4) is 0 Å². The predicted molar refractivity (Wildman–Crippen MR) is 184 cm³/mol. The number of carbonyl (C=O) groups excluding carboxylic acids is 5. The lowest BCUT2D eigenvalue weighted by atomic mass is 9.44. The molecule has 53 heavy (non-hydrogen) atoms. The molecule has 1 amide bonds. The van der Waals surface area contributed by atoms with Gasteiger partial charge >= 0.3 is 17.9 Å². The molecular weight excluding hydrogens is 690 g/mol. The SMILES string of the molecule is CC(=O)O[C@@]12CO[C@@H]1C[C@H](O)[C@@]1(C)C(=O)[C@H](O)C3=C(C)[C@@H]4C[C@@](O)([C@@H](OC(=O)CC/C=C\CCC(=O)N[C@@H](c5ccccc5)[C@H](O)C(=O)O4)[C@H]21)C3(C)C. The van der Waals surface area contributed by atoms with Crippen molar-refractivity contribution < 1.29 is 63.3 Å². The Morgan fingerprint density at radius 2 is 1.62 bits per heavy atom. The summed E-state index contributed by atoms with van der Waals surface area (Å²) in [5, 5.41) is 51.3. The van der Waals surface area contributed by atoms with Crippen molar-refractivity contribution >= 4 is 29.6 Å². The first-order valence-corrected chi connectivity index (χ1v) is 18.1. The molecule has 6 rings (SSSR count). The number of hydrogen-bond donors (Lipinski definition) is 5. The van der Waals surface area contributed by atoms with E-state index in [1.54, 1.807) is 56.3 Å². The maximum absolute atomic E-state index is 14.8. The highest BCUT2D eigenvalue weighted by Gasteiger charge is 2.78. The highest BCUT2D eigenvalue weighted by molar-refractivity contribution is 5.93. The zero-order chi connectivity index (χ0) is 38.7. The van der Waals surface area contributed by atoms with Crippen LogP contribution in [-0.4, -0.2) is 104 Å². The molecule has 5 N–H and O–H groups in total. The fraction of sp³-hybridized carbons (Fsp3) is 0.615. The Morgan fingerprint density at radius 1 is 0.962 bits per heavy atom. The average Bonchev–Trinajstić information content (AvgIpc) is 3.09. The second-order valence-corrected chi connectivity index (χ2v) is 15.8. The average molecular weight is 740 g/mol. The van der Waals surface area contributed by atoms with Gasteiger partial charge < -0.3 is 44.7 Å². The molecule has 0 aromatic heterocycles. The number of hydrogen-bond acceptors (Lipinski definition) is 13. The van der Waals surface area contributed by atoms with Crippen LogP contribution >= 0.6 is 0 Å². The van der Waals surface area contributed by atoms with E-state index in [1.165, 1.54) is 20.8 Å². The van der Waals surface area contributed by atoms with Gasteiger partial charge in [0.15, 0.2) is 17.5 Å². The molecule has 14 nitrogen and oxygen atoms in total. The van der Waals surface area contributed by atoms with Crippen molar-refractivity contribution in [2.24, 2.45) is 16.7 Å². The molecule has 0 spiro atoms. The minimum Gasteiger partial charge on any atom is -0.459 e. The molecule has 14 heteroatoms. The summed E-state index contributed by atoms with van der Waals surface area (Å²) in [7, 11) is 0. The number of aliphatic hydroxyl groups excluding tert-OH is 3. The summed E-state index contributed by atoms with van der Waals surface area (Å²) in [6.45, 7) is 7.00. The summed E-state index contributed by atoms with van der Waals surface area (Å²) < 4.78 is 24.0. The van der Waals surface area contributed by atoms with E-state index < -0.39 is 107 Å². The third kappa shape index (κ3) is 6.21. The number of benzene rings is 1. The first kappa shape index (κ1) is 38.8. The third-order valence-electron chi connectivity index (χ3n) is 12.4. The van der Waals surface area contributed by atoms with Gasteiger partial charge in [-0.2, -0.15) is 0 Å². The van der Waals surface area contributed by atoms with Crippen LogP contribution in [0.25, 0.3) is 0 Å². The summed E-state index contributed by atoms with van der Waals surface area (Å²) in [5.74, 6) is -5.46. The van der Waals surface area contributed by atoms with Crippen molar-refractivity contribution in [3.05, 3.63) is 59.2 Å². The van der Waals surface area contributed by atoms with E-state index in [1.807, 2.05) is 0 Å². The Kier molecular flexibility index (Phi) is 10.3. The predicted octanol–water partition coefficient (Wildman–Crippen LogP) is 1.67. The lowest BCUT2D eigenvalue weighted by Crippen LogP contribution is -2.81. The molecule has 1 aromatic carbocycles. The number of carbonyl (C=O) groups is 5. The lowest BCUT2D eigenvalue weighted by molar-refractivity contribution is -0.347. The highest BCUT2D eigenvalue weighted by atomic mass is 16.6. The van der Waals surface area contributed by atoms with Crippen LogP contribution < -0.4 is 5.32 Å². The van der Waals surface area contributed by atoms with Crippen LogP contribution in [0.4, 0.5) is 0 Å². The van der Waals surface area contributed by atoms with Crippen LogP contribution in [-0.2, 0) is 42.9 Å². The highest BCUT2D eigenvalue weighted by Crippen LogP contribution is 2.64. The van der Waals surface area contributed by atoms with Crippen LogP contribution in [0.2, 0.25) is 0 Å². The fourth-order valence-electron chi connectivity index (χ4n) is 9.46. The normalized spacial score (nSPS) is 41.1. The number of amides is 1. The van der Waals surface area contributed by atoms with E-state index in [4.69, 9.17) is 18.9 Å². The lowest BCUT2D eigenvalue weighted by Gasteiger charge is -2.67. The summed E-state index contributed by atoms with van der Waals surface area (Å²) in [6.07, 6.45) is -6.32. The molecule has 3 fully saturated rings. The Morgan fingerprint density at radius 3 is 2.25 bits per heavy atom. The molecule has 5 aliphatic rings. The van der Waals surface area contributed by atoms with Gasteiger partial charge in [0.25, 0.3) is 0 Å². The molecule has 288 valence electrons. The Bertz CT molecular complexity index is 1720. The number of ether oxygens (including phenoxy) is 4. The number of Topliss-reactive ketones (excluding diaryl/α,β-unsaturated/α-hetero) is 1. The smallest absolute Gasteiger partial charge is 0.338 e.